The van der Waals surface area contributed by atoms with Crippen LogP contribution in [-0.4, -0.2) is 230 Å². The van der Waals surface area contributed by atoms with Crippen molar-refractivity contribution >= 4 is 95.4 Å². The first-order chi connectivity index (χ1) is 51.9. The molecule has 628 valence electrons. The molecule has 37 heteroatoms. The third-order valence-corrected chi connectivity index (χ3v) is 28.3. The van der Waals surface area contributed by atoms with Crippen molar-refractivity contribution in [2.75, 3.05) is 89.1 Å². The molecule has 10 rings (SSSR count). The van der Waals surface area contributed by atoms with E-state index in [9.17, 15) is 28.6 Å². The average molecular weight is 1680 g/mol. The summed E-state index contributed by atoms with van der Waals surface area (Å²) in [4.78, 5) is 53.9. The minimum absolute atomic E-state index is 0.0191. The minimum atomic E-state index is -4.40. The minimum Gasteiger partial charge on any atom is -0.463 e. The zero-order valence-electron chi connectivity index (χ0n) is 68.8. The standard InChI is InChI=1S/C38H62ClN4O12PSi.C36H60ClN4O11PSi/c1-12-48-33(44)38(24-47-21-22-57(9,10)11,56(46,50-13-2)51-14-3)49-23-28-30-31(54-37(7,8)53-30)29(52-28)26-19-20-27-32(40-34(39)41-43(26)27)42(25-17-15-16-18-25)35(45)55-36(4,5)6;1-11-47-53(44,48-12-2)36(22-42,23-45-19-20-54(8,9)10)46-21-27-29-30(51-35(6,7)50-29)28(49-27)25-17-18-26-31(38-32(37)39-41(25)26)40(24-15-13-14-16-24)33(43)52-34(3,4)5/h19-20,25,28-31H,12-18,21-24H2,1-11H3;17-18,24,27-30,42H,11-16,19-23H2,1-10H3/t28-,29-,30-,31+,38-;27-,28-,29-,30+,36-/m11/s1. The van der Waals surface area contributed by atoms with E-state index in [0.29, 0.717) is 47.3 Å². The number of anilines is 2. The number of rotatable bonds is 35. The van der Waals surface area contributed by atoms with E-state index in [4.69, 9.17) is 103 Å². The maximum atomic E-state index is 14.7. The lowest BCUT2D eigenvalue weighted by Gasteiger charge is -2.38. The summed E-state index contributed by atoms with van der Waals surface area (Å²) in [5.41, 5.74) is 0.713. The Morgan fingerprint density at radius 2 is 0.946 bits per heavy atom. The molecule has 8 heterocycles. The Bertz CT molecular complexity index is 3880. The van der Waals surface area contributed by atoms with Gasteiger partial charge in [0.25, 0.3) is 5.34 Å². The number of halogens is 2. The van der Waals surface area contributed by atoms with Gasteiger partial charge >= 0.3 is 33.3 Å². The van der Waals surface area contributed by atoms with E-state index in [1.807, 2.05) is 73.6 Å². The van der Waals surface area contributed by atoms with E-state index in [0.717, 1.165) is 63.5 Å². The summed E-state index contributed by atoms with van der Waals surface area (Å²) in [5.74, 6) is -2.29. The Kier molecular flexibility index (Phi) is 30.3. The summed E-state index contributed by atoms with van der Waals surface area (Å²) in [6.07, 6.45) is 0.213. The zero-order chi connectivity index (χ0) is 81.7. The van der Waals surface area contributed by atoms with E-state index >= 15 is 0 Å². The topological polar surface area (TPSA) is 329 Å². The molecule has 1 N–H and O–H groups in total. The number of ether oxygens (including phenoxy) is 13. The summed E-state index contributed by atoms with van der Waals surface area (Å²) >= 11 is 13.2. The monoisotopic (exact) mass is 1680 g/mol. The highest BCUT2D eigenvalue weighted by molar-refractivity contribution is 7.56. The Morgan fingerprint density at radius 1 is 0.568 bits per heavy atom. The van der Waals surface area contributed by atoms with Crippen LogP contribution in [0.25, 0.3) is 11.0 Å². The highest BCUT2D eigenvalue weighted by Gasteiger charge is 2.64. The van der Waals surface area contributed by atoms with Crippen molar-refractivity contribution in [3.63, 3.8) is 0 Å². The number of esters is 1. The third kappa shape index (κ3) is 21.7. The fourth-order valence-electron chi connectivity index (χ4n) is 14.5. The van der Waals surface area contributed by atoms with Gasteiger partial charge < -0.3 is 84.8 Å². The Labute approximate surface area is 665 Å². The van der Waals surface area contributed by atoms with Gasteiger partial charge in [0.05, 0.1) is 77.5 Å². The maximum absolute atomic E-state index is 14.7. The van der Waals surface area contributed by atoms with Crippen molar-refractivity contribution < 1.29 is 108 Å². The molecule has 0 radical (unpaired) electrons. The fourth-order valence-corrected chi connectivity index (χ4v) is 20.2. The van der Waals surface area contributed by atoms with Crippen LogP contribution in [0.15, 0.2) is 24.3 Å². The van der Waals surface area contributed by atoms with Crippen molar-refractivity contribution in [1.29, 1.82) is 0 Å². The van der Waals surface area contributed by atoms with Crippen LogP contribution in [0.2, 0.25) is 61.9 Å². The van der Waals surface area contributed by atoms with Crippen LogP contribution in [0.5, 0.6) is 0 Å². The van der Waals surface area contributed by atoms with Crippen LogP contribution in [0.4, 0.5) is 21.2 Å². The number of nitrogens with zero attached hydrogens (tertiary/aromatic N) is 8. The SMILES string of the molecule is CCOC(=O)[C@](COCC[Si](C)(C)C)(OC[C@H]1O[C@H](c2ccc3c(N(C(=O)OC(C)(C)C)C4CCCC4)nc(Cl)nn23)[C@@H]2OC(C)(C)O[C@@H]21)P(=O)(OCC)OCC.CCOP(=O)(OCC)[C@](CO)(COCC[Si](C)(C)C)OC[C@H]1O[C@H](c2ccc3c(N(C(=O)OC(C)(C)C)C4CCCC4)nc(Cl)nn23)[C@@H]2OC(C)(C)O[C@@H]21. The summed E-state index contributed by atoms with van der Waals surface area (Å²) in [6, 6.07) is 8.67. The number of aliphatic hydroxyl groups excluding tert-OH is 1. The molecule has 2 aliphatic carbocycles. The second kappa shape index (κ2) is 37.0. The summed E-state index contributed by atoms with van der Waals surface area (Å²) in [6.45, 7) is 38.7. The Balaban J connectivity index is 0.000000256. The first kappa shape index (κ1) is 91.0. The fraction of sp³-hybridized carbons (Fsp3) is 0.797. The number of hydrogen-bond acceptors (Lipinski definition) is 27. The number of carbonyl (C=O) groups excluding carboxylic acids is 3. The van der Waals surface area contributed by atoms with Gasteiger partial charge in [-0.3, -0.25) is 18.9 Å². The van der Waals surface area contributed by atoms with Gasteiger partial charge in [-0.25, -0.2) is 23.4 Å². The number of hydrogen-bond donors (Lipinski definition) is 1. The lowest BCUT2D eigenvalue weighted by Crippen LogP contribution is -2.50. The highest BCUT2D eigenvalue weighted by Crippen LogP contribution is 2.63. The Hall–Kier alpha value is -3.88. The predicted molar refractivity (Wildman–Crippen MR) is 422 cm³/mol. The molecule has 0 bridgehead atoms. The normalized spacial score (nSPS) is 24.2. The van der Waals surface area contributed by atoms with Crippen molar-refractivity contribution in [2.24, 2.45) is 0 Å². The molecule has 0 aromatic carbocycles. The van der Waals surface area contributed by atoms with Gasteiger partial charge in [-0.15, -0.1) is 10.2 Å². The van der Waals surface area contributed by atoms with Gasteiger partial charge in [0.1, 0.15) is 71.1 Å². The summed E-state index contributed by atoms with van der Waals surface area (Å²) in [5, 5.41) is 15.7. The van der Waals surface area contributed by atoms with E-state index in [-0.39, 0.29) is 75.5 Å². The maximum Gasteiger partial charge on any atom is 0.416 e. The lowest BCUT2D eigenvalue weighted by molar-refractivity contribution is -0.202. The van der Waals surface area contributed by atoms with Crippen molar-refractivity contribution in [3.05, 3.63) is 46.2 Å². The first-order valence-electron chi connectivity index (χ1n) is 39.1. The molecule has 10 atom stereocenters. The van der Waals surface area contributed by atoms with Crippen LogP contribution in [0.3, 0.4) is 0 Å². The molecule has 2 saturated carbocycles. The molecule has 111 heavy (non-hydrogen) atoms. The van der Waals surface area contributed by atoms with Gasteiger partial charge in [0.15, 0.2) is 23.2 Å². The second-order valence-electron chi connectivity index (χ2n) is 34.0. The molecular weight excluding hydrogens is 1560 g/mol. The van der Waals surface area contributed by atoms with Crippen LogP contribution in [0.1, 0.15) is 179 Å². The molecular formula is C74H122Cl2N8O23P2Si2. The van der Waals surface area contributed by atoms with E-state index in [1.165, 1.54) is 0 Å². The summed E-state index contributed by atoms with van der Waals surface area (Å²) in [7, 11) is -11.5. The average Bonchev–Trinajstić information content (AvgIpc) is 1.59. The molecule has 2 amide bonds. The molecule has 4 aromatic rings. The Morgan fingerprint density at radius 3 is 1.32 bits per heavy atom. The zero-order valence-corrected chi connectivity index (χ0v) is 74.1. The van der Waals surface area contributed by atoms with E-state index in [1.54, 1.807) is 73.4 Å². The lowest BCUT2D eigenvalue weighted by atomic mass is 10.1. The highest BCUT2D eigenvalue weighted by atomic mass is 35.5. The van der Waals surface area contributed by atoms with Crippen LogP contribution < -0.4 is 9.80 Å². The first-order valence-corrected chi connectivity index (χ1v) is 50.4. The molecule has 6 aliphatic rings. The third-order valence-electron chi connectivity index (χ3n) is 19.5. The number of carbonyl (C=O) groups is 3. The van der Waals surface area contributed by atoms with Crippen molar-refractivity contribution in [3.8, 4) is 0 Å². The van der Waals surface area contributed by atoms with Gasteiger partial charge in [-0.05, 0) is 189 Å². The number of aliphatic hydroxyl groups is 1. The quantitative estimate of drug-likeness (QED) is 0.0147. The summed E-state index contributed by atoms with van der Waals surface area (Å²) < 4.78 is 137. The van der Waals surface area contributed by atoms with E-state index < -0.39 is 145 Å². The van der Waals surface area contributed by atoms with Crippen LogP contribution in [-0.2, 0) is 93.6 Å². The smallest absolute Gasteiger partial charge is 0.416 e. The molecule has 4 aliphatic heterocycles. The van der Waals surface area contributed by atoms with Gasteiger partial charge in [-0.2, -0.15) is 9.97 Å². The van der Waals surface area contributed by atoms with Crippen LogP contribution >= 0.6 is 38.4 Å². The molecule has 4 saturated heterocycles. The molecule has 4 aromatic heterocycles. The number of amides is 2. The molecule has 31 nitrogen and oxygen atoms in total. The van der Waals surface area contributed by atoms with Crippen molar-refractivity contribution in [2.45, 2.75) is 301 Å². The second-order valence-corrected chi connectivity index (χ2v) is 50.5. The number of aromatic nitrogens is 6. The van der Waals surface area contributed by atoms with Crippen LogP contribution in [0, 0.1) is 0 Å². The van der Waals surface area contributed by atoms with Gasteiger partial charge in [-0.1, -0.05) is 65.0 Å². The largest absolute Gasteiger partial charge is 0.463 e. The molecule has 0 unspecified atom stereocenters. The van der Waals surface area contributed by atoms with Gasteiger partial charge in [0, 0.05) is 41.4 Å². The molecule has 0 spiro atoms. The number of fused-ring (bicyclic) bond motifs is 4. The predicted octanol–water partition coefficient (Wildman–Crippen LogP) is 15.3. The van der Waals surface area contributed by atoms with Crippen molar-refractivity contribution in [1.82, 2.24) is 29.2 Å². The van der Waals surface area contributed by atoms with Gasteiger partial charge in [0.2, 0.25) is 15.9 Å². The van der Waals surface area contributed by atoms with E-state index in [2.05, 4.69) is 59.4 Å². The molecule has 6 fully saturated rings.